The zero-order valence-corrected chi connectivity index (χ0v) is 16.5. The predicted octanol–water partition coefficient (Wildman–Crippen LogP) is 5.05. The third-order valence-corrected chi connectivity index (χ3v) is 5.89. The molecule has 0 bridgehead atoms. The summed E-state index contributed by atoms with van der Waals surface area (Å²) in [4.78, 5) is 12.8. The Morgan fingerprint density at radius 1 is 0.862 bits per heavy atom. The molecule has 0 atom stereocenters. The molecule has 0 spiro atoms. The van der Waals surface area contributed by atoms with Crippen LogP contribution in [0.3, 0.4) is 0 Å². The van der Waals surface area contributed by atoms with Crippen LogP contribution in [0.25, 0.3) is 0 Å². The molecule has 0 saturated heterocycles. The van der Waals surface area contributed by atoms with Crippen molar-refractivity contribution in [2.75, 3.05) is 10.0 Å². The summed E-state index contributed by atoms with van der Waals surface area (Å²) in [5, 5.41) is 2.66. The fourth-order valence-corrected chi connectivity index (χ4v) is 4.03. The van der Waals surface area contributed by atoms with E-state index in [0.717, 1.165) is 0 Å². The van der Waals surface area contributed by atoms with Crippen LogP contribution in [0, 0.1) is 0 Å². The number of nitrogens with one attached hydrogen (secondary N) is 2. The van der Waals surface area contributed by atoms with Crippen molar-refractivity contribution in [1.82, 2.24) is 0 Å². The smallest absolute Gasteiger partial charge is 0.288 e. The van der Waals surface area contributed by atoms with Gasteiger partial charge < -0.3 is 5.32 Å². The van der Waals surface area contributed by atoms with E-state index in [-0.39, 0.29) is 10.6 Å². The van der Waals surface area contributed by atoms with Gasteiger partial charge in [-0.05, 0) is 54.6 Å². The number of amides is 1. The van der Waals surface area contributed by atoms with Crippen molar-refractivity contribution in [3.63, 3.8) is 0 Å². The van der Waals surface area contributed by atoms with Gasteiger partial charge in [0.15, 0.2) is 0 Å². The quantitative estimate of drug-likeness (QED) is 0.510. The summed E-state index contributed by atoms with van der Waals surface area (Å²) in [6.45, 7) is 0. The summed E-state index contributed by atoms with van der Waals surface area (Å²) < 4.78 is 52.0. The molecule has 0 fully saturated rings. The van der Waals surface area contributed by atoms with Gasteiger partial charge in [-0.1, -0.05) is 36.0 Å². The van der Waals surface area contributed by atoms with Crippen molar-refractivity contribution in [2.24, 2.45) is 0 Å². The van der Waals surface area contributed by atoms with Crippen LogP contribution >= 0.6 is 11.8 Å². The standard InChI is InChI=1S/C20H16F2N2O3S2/c21-20(22)28-17-11-9-14(10-12-17)19(25)23-15-5-4-6-16(13-15)24-29(26,27)18-7-2-1-3-8-18/h1-13,20,24H,(H,23,25). The molecule has 1 amide bonds. The molecule has 0 aliphatic carbocycles. The minimum absolute atomic E-state index is 0.121. The zero-order valence-electron chi connectivity index (χ0n) is 14.9. The maximum atomic E-state index is 12.4. The SMILES string of the molecule is O=C(Nc1cccc(NS(=O)(=O)c2ccccc2)c1)c1ccc(SC(F)F)cc1. The highest BCUT2D eigenvalue weighted by Gasteiger charge is 2.14. The summed E-state index contributed by atoms with van der Waals surface area (Å²) >= 11 is 0.398. The predicted molar refractivity (Wildman–Crippen MR) is 110 cm³/mol. The topological polar surface area (TPSA) is 75.3 Å². The molecule has 0 aromatic heterocycles. The highest BCUT2D eigenvalue weighted by Crippen LogP contribution is 2.25. The van der Waals surface area contributed by atoms with Gasteiger partial charge in [0, 0.05) is 16.1 Å². The molecule has 5 nitrogen and oxygen atoms in total. The Kier molecular flexibility index (Phi) is 6.50. The van der Waals surface area contributed by atoms with E-state index in [4.69, 9.17) is 0 Å². The largest absolute Gasteiger partial charge is 0.322 e. The second-order valence-corrected chi connectivity index (χ2v) is 8.60. The Morgan fingerprint density at radius 3 is 2.17 bits per heavy atom. The summed E-state index contributed by atoms with van der Waals surface area (Å²) in [6.07, 6.45) is 0. The normalized spacial score (nSPS) is 11.3. The highest BCUT2D eigenvalue weighted by molar-refractivity contribution is 7.99. The fraction of sp³-hybridized carbons (Fsp3) is 0.0500. The van der Waals surface area contributed by atoms with E-state index >= 15 is 0 Å². The van der Waals surface area contributed by atoms with E-state index < -0.39 is 21.7 Å². The lowest BCUT2D eigenvalue weighted by atomic mass is 10.2. The number of anilines is 2. The number of carbonyl (C=O) groups excluding carboxylic acids is 1. The van der Waals surface area contributed by atoms with Gasteiger partial charge in [-0.2, -0.15) is 8.78 Å². The molecule has 3 aromatic rings. The summed E-state index contributed by atoms with van der Waals surface area (Å²) in [7, 11) is -3.75. The van der Waals surface area contributed by atoms with Crippen LogP contribution < -0.4 is 10.0 Å². The average molecular weight is 434 g/mol. The molecule has 0 saturated carbocycles. The first-order valence-corrected chi connectivity index (χ1v) is 10.7. The van der Waals surface area contributed by atoms with Crippen LogP contribution in [-0.4, -0.2) is 20.1 Å². The Morgan fingerprint density at radius 2 is 1.52 bits per heavy atom. The summed E-state index contributed by atoms with van der Waals surface area (Å²) in [5.41, 5.74) is 0.962. The van der Waals surface area contributed by atoms with Crippen LogP contribution in [-0.2, 0) is 10.0 Å². The van der Waals surface area contributed by atoms with Crippen molar-refractivity contribution in [3.05, 3.63) is 84.4 Å². The van der Waals surface area contributed by atoms with E-state index in [0.29, 0.717) is 27.9 Å². The molecule has 0 radical (unpaired) electrons. The molecule has 2 N–H and O–H groups in total. The monoisotopic (exact) mass is 434 g/mol. The second kappa shape index (κ2) is 9.06. The Bertz CT molecular complexity index is 1090. The molecule has 0 unspecified atom stereocenters. The van der Waals surface area contributed by atoms with E-state index in [1.165, 1.54) is 42.5 Å². The van der Waals surface area contributed by atoms with Gasteiger partial charge >= 0.3 is 0 Å². The number of benzene rings is 3. The van der Waals surface area contributed by atoms with Gasteiger partial charge in [0.05, 0.1) is 10.6 Å². The Balaban J connectivity index is 1.70. The number of sulfonamides is 1. The molecule has 3 rings (SSSR count). The first-order valence-electron chi connectivity index (χ1n) is 8.38. The molecular formula is C20H16F2N2O3S2. The van der Waals surface area contributed by atoms with E-state index in [2.05, 4.69) is 10.0 Å². The number of hydrogen-bond acceptors (Lipinski definition) is 4. The van der Waals surface area contributed by atoms with Gasteiger partial charge in [0.25, 0.3) is 21.7 Å². The molecular weight excluding hydrogens is 418 g/mol. The van der Waals surface area contributed by atoms with Gasteiger partial charge in [0.2, 0.25) is 0 Å². The maximum Gasteiger partial charge on any atom is 0.288 e. The van der Waals surface area contributed by atoms with Crippen LogP contribution in [0.2, 0.25) is 0 Å². The lowest BCUT2D eigenvalue weighted by Gasteiger charge is -2.11. The first kappa shape index (κ1) is 20.8. The molecule has 29 heavy (non-hydrogen) atoms. The van der Waals surface area contributed by atoms with Gasteiger partial charge in [0.1, 0.15) is 0 Å². The van der Waals surface area contributed by atoms with Crippen LogP contribution in [0.1, 0.15) is 10.4 Å². The Labute approximate surface area is 171 Å². The van der Waals surface area contributed by atoms with E-state index in [1.807, 2.05) is 0 Å². The van der Waals surface area contributed by atoms with Crippen LogP contribution in [0.4, 0.5) is 20.2 Å². The number of thioether (sulfide) groups is 1. The zero-order chi connectivity index (χ0) is 20.9. The minimum atomic E-state index is -3.75. The number of halogens is 2. The molecule has 9 heteroatoms. The van der Waals surface area contributed by atoms with E-state index in [1.54, 1.807) is 36.4 Å². The van der Waals surface area contributed by atoms with Crippen molar-refractivity contribution < 1.29 is 22.0 Å². The Hall–Kier alpha value is -2.91. The fourth-order valence-electron chi connectivity index (χ4n) is 2.47. The second-order valence-electron chi connectivity index (χ2n) is 5.86. The average Bonchev–Trinajstić information content (AvgIpc) is 2.68. The third-order valence-electron chi connectivity index (χ3n) is 3.77. The van der Waals surface area contributed by atoms with Crippen LogP contribution in [0.5, 0.6) is 0 Å². The summed E-state index contributed by atoms with van der Waals surface area (Å²) in [6, 6.07) is 19.9. The van der Waals surface area contributed by atoms with Gasteiger partial charge in [-0.15, -0.1) is 0 Å². The molecule has 0 aliphatic rings. The number of carbonyl (C=O) groups is 1. The van der Waals surface area contributed by atoms with Crippen molar-refractivity contribution in [2.45, 2.75) is 15.5 Å². The molecule has 3 aromatic carbocycles. The van der Waals surface area contributed by atoms with Crippen molar-refractivity contribution >= 4 is 39.1 Å². The highest BCUT2D eigenvalue weighted by atomic mass is 32.2. The van der Waals surface area contributed by atoms with Crippen LogP contribution in [0.15, 0.2) is 88.7 Å². The maximum absolute atomic E-state index is 12.4. The lowest BCUT2D eigenvalue weighted by Crippen LogP contribution is -2.14. The van der Waals surface area contributed by atoms with E-state index in [9.17, 15) is 22.0 Å². The molecule has 0 heterocycles. The van der Waals surface area contributed by atoms with Gasteiger partial charge in [-0.25, -0.2) is 8.42 Å². The third kappa shape index (κ3) is 5.78. The van der Waals surface area contributed by atoms with Crippen molar-refractivity contribution in [3.8, 4) is 0 Å². The lowest BCUT2D eigenvalue weighted by molar-refractivity contribution is 0.102. The van der Waals surface area contributed by atoms with Gasteiger partial charge in [-0.3, -0.25) is 9.52 Å². The van der Waals surface area contributed by atoms with Crippen molar-refractivity contribution in [1.29, 1.82) is 0 Å². The molecule has 150 valence electrons. The molecule has 0 aliphatic heterocycles. The minimum Gasteiger partial charge on any atom is -0.322 e. The number of rotatable bonds is 7. The number of alkyl halides is 2. The number of hydrogen-bond donors (Lipinski definition) is 2. The first-order chi connectivity index (χ1) is 13.8. The summed E-state index contributed by atoms with van der Waals surface area (Å²) in [5.74, 6) is -2.97.